The fourth-order valence-corrected chi connectivity index (χ4v) is 3.64. The summed E-state index contributed by atoms with van der Waals surface area (Å²) in [7, 11) is 1.62. The van der Waals surface area contributed by atoms with Crippen molar-refractivity contribution in [2.45, 2.75) is 32.7 Å². The number of benzene rings is 2. The molecular weight excluding hydrogens is 386 g/mol. The molecule has 154 valence electrons. The Kier molecular flexibility index (Phi) is 6.93. The van der Waals surface area contributed by atoms with Crippen molar-refractivity contribution in [1.29, 1.82) is 0 Å². The third-order valence-electron chi connectivity index (χ3n) is 4.75. The Bertz CT molecular complexity index is 887. The number of hydrogen-bond donors (Lipinski definition) is 2. The molecule has 7 heteroatoms. The quantitative estimate of drug-likeness (QED) is 0.672. The first-order chi connectivity index (χ1) is 14.0. The summed E-state index contributed by atoms with van der Waals surface area (Å²) in [5.74, 6) is 1.59. The second-order valence-corrected chi connectivity index (χ2v) is 7.52. The molecule has 2 aromatic carbocycles. The highest BCUT2D eigenvalue weighted by atomic mass is 32.1. The minimum absolute atomic E-state index is 0.00232. The van der Waals surface area contributed by atoms with E-state index < -0.39 is 0 Å². The van der Waals surface area contributed by atoms with E-state index in [1.807, 2.05) is 61.2 Å². The van der Waals surface area contributed by atoms with Gasteiger partial charge in [-0.25, -0.2) is 0 Å². The fourth-order valence-electron chi connectivity index (χ4n) is 3.32. The first-order valence-corrected chi connectivity index (χ1v) is 10.1. The van der Waals surface area contributed by atoms with Gasteiger partial charge in [-0.15, -0.1) is 0 Å². The predicted octanol–water partition coefficient (Wildman–Crippen LogP) is 3.88. The number of rotatable bonds is 7. The van der Waals surface area contributed by atoms with E-state index in [-0.39, 0.29) is 11.9 Å². The van der Waals surface area contributed by atoms with E-state index in [4.69, 9.17) is 21.7 Å². The minimum Gasteiger partial charge on any atom is -0.493 e. The first-order valence-electron chi connectivity index (χ1n) is 9.72. The minimum atomic E-state index is 0.00232. The molecule has 1 fully saturated rings. The van der Waals surface area contributed by atoms with E-state index in [9.17, 15) is 4.79 Å². The number of thiocarbonyl (C=S) groups is 1. The summed E-state index contributed by atoms with van der Waals surface area (Å²) in [4.78, 5) is 13.8. The van der Waals surface area contributed by atoms with Crippen molar-refractivity contribution in [2.24, 2.45) is 0 Å². The number of methoxy groups -OCH3 is 1. The molecule has 0 aliphatic carbocycles. The van der Waals surface area contributed by atoms with Gasteiger partial charge in [-0.3, -0.25) is 4.79 Å². The second kappa shape index (κ2) is 9.60. The second-order valence-electron chi connectivity index (χ2n) is 7.11. The van der Waals surface area contributed by atoms with Crippen LogP contribution in [0.15, 0.2) is 42.5 Å². The summed E-state index contributed by atoms with van der Waals surface area (Å²) >= 11 is 5.43. The molecule has 2 N–H and O–H groups in total. The van der Waals surface area contributed by atoms with Crippen LogP contribution in [0.5, 0.6) is 11.5 Å². The maximum Gasteiger partial charge on any atom is 0.227 e. The molecule has 1 aliphatic rings. The number of para-hydroxylation sites is 2. The van der Waals surface area contributed by atoms with Crippen LogP contribution < -0.4 is 25.0 Å². The third-order valence-corrected chi connectivity index (χ3v) is 4.97. The van der Waals surface area contributed by atoms with Gasteiger partial charge in [0.25, 0.3) is 0 Å². The highest BCUT2D eigenvalue weighted by Crippen LogP contribution is 2.28. The van der Waals surface area contributed by atoms with Gasteiger partial charge in [0.05, 0.1) is 13.2 Å². The monoisotopic (exact) mass is 413 g/mol. The van der Waals surface area contributed by atoms with E-state index >= 15 is 0 Å². The number of aryl methyl sites for hydroxylation is 1. The Labute approximate surface area is 177 Å². The zero-order chi connectivity index (χ0) is 20.8. The molecule has 2 aromatic rings. The molecule has 1 atom stereocenters. The lowest BCUT2D eigenvalue weighted by Crippen LogP contribution is -2.39. The van der Waals surface area contributed by atoms with Crippen molar-refractivity contribution >= 4 is 34.6 Å². The maximum atomic E-state index is 12.0. The van der Waals surface area contributed by atoms with Gasteiger partial charge < -0.3 is 25.0 Å². The summed E-state index contributed by atoms with van der Waals surface area (Å²) in [5.41, 5.74) is 2.89. The van der Waals surface area contributed by atoms with Crippen molar-refractivity contribution in [1.82, 2.24) is 5.32 Å². The van der Waals surface area contributed by atoms with E-state index in [1.54, 1.807) is 7.11 Å². The first kappa shape index (κ1) is 20.9. The van der Waals surface area contributed by atoms with E-state index in [0.717, 1.165) is 29.9 Å². The maximum absolute atomic E-state index is 12.0. The van der Waals surface area contributed by atoms with Gasteiger partial charge in [-0.2, -0.15) is 0 Å². The summed E-state index contributed by atoms with van der Waals surface area (Å²) in [6, 6.07) is 13.5. The lowest BCUT2D eigenvalue weighted by Gasteiger charge is -2.21. The number of hydrogen-bond acceptors (Lipinski definition) is 4. The number of ether oxygens (including phenoxy) is 2. The van der Waals surface area contributed by atoms with E-state index in [1.165, 1.54) is 0 Å². The SMILES string of the molecule is COc1ccccc1OC[C@H](C)NC(=S)Nc1ccc(N2CCCC2=O)c(C)c1. The van der Waals surface area contributed by atoms with Gasteiger partial charge in [-0.1, -0.05) is 12.1 Å². The molecule has 6 nitrogen and oxygen atoms in total. The highest BCUT2D eigenvalue weighted by molar-refractivity contribution is 7.80. The number of amides is 1. The smallest absolute Gasteiger partial charge is 0.227 e. The summed E-state index contributed by atoms with van der Waals surface area (Å²) in [6.07, 6.45) is 1.54. The van der Waals surface area contributed by atoms with Crippen molar-refractivity contribution in [3.05, 3.63) is 48.0 Å². The summed E-state index contributed by atoms with van der Waals surface area (Å²) in [5, 5.41) is 6.94. The molecule has 3 rings (SSSR count). The molecule has 1 saturated heterocycles. The van der Waals surface area contributed by atoms with Gasteiger partial charge in [0.1, 0.15) is 6.61 Å². The van der Waals surface area contributed by atoms with E-state index in [2.05, 4.69) is 10.6 Å². The van der Waals surface area contributed by atoms with Gasteiger partial charge in [-0.05, 0) is 68.4 Å². The van der Waals surface area contributed by atoms with Crippen molar-refractivity contribution in [3.8, 4) is 11.5 Å². The van der Waals surface area contributed by atoms with Crippen LogP contribution >= 0.6 is 12.2 Å². The molecule has 0 radical (unpaired) electrons. The van der Waals surface area contributed by atoms with Crippen LogP contribution in [0.25, 0.3) is 0 Å². The predicted molar refractivity (Wildman–Crippen MR) is 120 cm³/mol. The number of anilines is 2. The van der Waals surface area contributed by atoms with Gasteiger partial charge in [0.15, 0.2) is 16.6 Å². The topological polar surface area (TPSA) is 62.8 Å². The zero-order valence-corrected chi connectivity index (χ0v) is 17.8. The van der Waals surface area contributed by atoms with Crippen molar-refractivity contribution in [2.75, 3.05) is 30.5 Å². The molecule has 0 unspecified atom stereocenters. The lowest BCUT2D eigenvalue weighted by atomic mass is 10.1. The Morgan fingerprint density at radius 1 is 1.24 bits per heavy atom. The van der Waals surface area contributed by atoms with Crippen LogP contribution in [0, 0.1) is 6.92 Å². The standard InChI is InChI=1S/C22H27N3O3S/c1-15-13-17(10-11-18(15)25-12-6-9-21(25)26)24-22(29)23-16(2)14-28-20-8-5-4-7-19(20)27-3/h4-5,7-8,10-11,13,16H,6,9,12,14H2,1-3H3,(H2,23,24,29)/t16-/m0/s1. The molecule has 0 spiro atoms. The normalized spacial score (nSPS) is 14.4. The van der Waals surface area contributed by atoms with Crippen LogP contribution in [-0.4, -0.2) is 37.3 Å². The molecule has 1 heterocycles. The average Bonchev–Trinajstić information content (AvgIpc) is 3.12. The van der Waals surface area contributed by atoms with Crippen LogP contribution in [0.2, 0.25) is 0 Å². The Balaban J connectivity index is 1.52. The largest absolute Gasteiger partial charge is 0.493 e. The molecule has 29 heavy (non-hydrogen) atoms. The fraction of sp³-hybridized carbons (Fsp3) is 0.364. The van der Waals surface area contributed by atoms with Crippen LogP contribution in [0.1, 0.15) is 25.3 Å². The Hall–Kier alpha value is -2.80. The molecule has 1 amide bonds. The number of carbonyl (C=O) groups excluding carboxylic acids is 1. The Morgan fingerprint density at radius 2 is 2.00 bits per heavy atom. The van der Waals surface area contributed by atoms with Gasteiger partial charge in [0.2, 0.25) is 5.91 Å². The average molecular weight is 414 g/mol. The van der Waals surface area contributed by atoms with Crippen LogP contribution in [0.4, 0.5) is 11.4 Å². The summed E-state index contributed by atoms with van der Waals surface area (Å²) in [6.45, 7) is 5.23. The molecule has 1 aliphatic heterocycles. The van der Waals surface area contributed by atoms with Crippen LogP contribution in [-0.2, 0) is 4.79 Å². The van der Waals surface area contributed by atoms with Gasteiger partial charge in [0, 0.05) is 24.3 Å². The molecule has 0 saturated carbocycles. The molecular formula is C22H27N3O3S. The lowest BCUT2D eigenvalue weighted by molar-refractivity contribution is -0.117. The third kappa shape index (κ3) is 5.38. The van der Waals surface area contributed by atoms with E-state index in [0.29, 0.717) is 29.6 Å². The number of nitrogens with one attached hydrogen (secondary N) is 2. The summed E-state index contributed by atoms with van der Waals surface area (Å²) < 4.78 is 11.1. The molecule has 0 bridgehead atoms. The highest BCUT2D eigenvalue weighted by Gasteiger charge is 2.23. The van der Waals surface area contributed by atoms with Crippen LogP contribution in [0.3, 0.4) is 0 Å². The Morgan fingerprint density at radius 3 is 2.66 bits per heavy atom. The van der Waals surface area contributed by atoms with Crippen molar-refractivity contribution in [3.63, 3.8) is 0 Å². The number of nitrogens with zero attached hydrogens (tertiary/aromatic N) is 1. The zero-order valence-electron chi connectivity index (χ0n) is 17.0. The van der Waals surface area contributed by atoms with Gasteiger partial charge >= 0.3 is 0 Å². The van der Waals surface area contributed by atoms with Crippen molar-refractivity contribution < 1.29 is 14.3 Å². The number of carbonyl (C=O) groups is 1. The molecule has 0 aromatic heterocycles.